The molecule has 1 amide bonds. The second-order valence-corrected chi connectivity index (χ2v) is 8.76. The molecule has 162 valence electrons. The molecule has 3 N–H and O–H groups in total. The molecule has 6 heteroatoms. The van der Waals surface area contributed by atoms with Crippen LogP contribution < -0.4 is 10.1 Å². The number of aliphatic hydroxyl groups is 1. The van der Waals surface area contributed by atoms with E-state index in [9.17, 15) is 9.90 Å². The number of piperidine rings is 1. The van der Waals surface area contributed by atoms with Crippen LogP contribution in [0.1, 0.15) is 35.7 Å². The van der Waals surface area contributed by atoms with Crippen molar-refractivity contribution in [1.29, 1.82) is 0 Å². The summed E-state index contributed by atoms with van der Waals surface area (Å²) in [5.74, 6) is 1.01. The zero-order chi connectivity index (χ0) is 21.4. The van der Waals surface area contributed by atoms with Crippen molar-refractivity contribution in [2.24, 2.45) is 0 Å². The highest BCUT2D eigenvalue weighted by atomic mass is 16.5. The number of nitrogens with zero attached hydrogens (tertiary/aromatic N) is 1. The molecule has 3 heterocycles. The number of aromatic amines is 1. The number of hydrogen-bond donors (Lipinski definition) is 3. The number of aromatic nitrogens is 1. The molecule has 31 heavy (non-hydrogen) atoms. The number of likely N-dealkylation sites (tertiary alicyclic amines) is 1. The molecule has 0 unspecified atom stereocenters. The third-order valence-electron chi connectivity index (χ3n) is 7.05. The third-order valence-corrected chi connectivity index (χ3v) is 7.05. The van der Waals surface area contributed by atoms with Crippen LogP contribution >= 0.6 is 0 Å². The monoisotopic (exact) mass is 419 g/mol. The summed E-state index contributed by atoms with van der Waals surface area (Å²) >= 11 is 0. The highest BCUT2D eigenvalue weighted by molar-refractivity contribution is 5.88. The number of hydrogen-bond acceptors (Lipinski definition) is 4. The summed E-state index contributed by atoms with van der Waals surface area (Å²) in [5.41, 5.74) is 4.43. The second-order valence-electron chi connectivity index (χ2n) is 8.76. The largest absolute Gasteiger partial charge is 0.497 e. The fraction of sp³-hybridized carbons (Fsp3) is 0.400. The van der Waals surface area contributed by atoms with Gasteiger partial charge in [0.1, 0.15) is 5.75 Å². The van der Waals surface area contributed by atoms with Crippen LogP contribution in [0.3, 0.4) is 0 Å². The molecule has 1 aromatic heterocycles. The number of rotatable bonds is 4. The number of carbonyl (C=O) groups is 1. The molecule has 2 aromatic carbocycles. The fourth-order valence-corrected chi connectivity index (χ4v) is 5.32. The summed E-state index contributed by atoms with van der Waals surface area (Å²) in [5, 5.41) is 14.7. The zero-order valence-corrected chi connectivity index (χ0v) is 17.9. The van der Waals surface area contributed by atoms with Crippen molar-refractivity contribution in [2.45, 2.75) is 30.7 Å². The van der Waals surface area contributed by atoms with Crippen LogP contribution in [0.15, 0.2) is 48.5 Å². The van der Waals surface area contributed by atoms with Gasteiger partial charge in [0, 0.05) is 47.7 Å². The summed E-state index contributed by atoms with van der Waals surface area (Å²) in [6, 6.07) is 16.0. The van der Waals surface area contributed by atoms with Gasteiger partial charge in [-0.15, -0.1) is 0 Å². The normalized spacial score (nSPS) is 20.1. The van der Waals surface area contributed by atoms with Crippen molar-refractivity contribution >= 4 is 16.8 Å². The van der Waals surface area contributed by atoms with Crippen molar-refractivity contribution < 1.29 is 14.6 Å². The molecule has 3 aromatic rings. The number of benzene rings is 2. The van der Waals surface area contributed by atoms with Gasteiger partial charge in [0.25, 0.3) is 0 Å². The van der Waals surface area contributed by atoms with Gasteiger partial charge in [-0.1, -0.05) is 30.3 Å². The average molecular weight is 420 g/mol. The molecule has 2 aliphatic rings. The Labute approximate surface area is 182 Å². The lowest BCUT2D eigenvalue weighted by molar-refractivity contribution is -0.132. The molecule has 0 radical (unpaired) electrons. The maximum atomic E-state index is 12.9. The number of ether oxygens (including phenoxy) is 1. The summed E-state index contributed by atoms with van der Waals surface area (Å²) in [6.45, 7) is 2.36. The van der Waals surface area contributed by atoms with E-state index in [1.165, 1.54) is 10.9 Å². The van der Waals surface area contributed by atoms with Crippen LogP contribution in [-0.4, -0.2) is 54.2 Å². The van der Waals surface area contributed by atoms with Gasteiger partial charge in [-0.25, -0.2) is 0 Å². The second kappa shape index (κ2) is 8.02. The highest BCUT2D eigenvalue weighted by Gasteiger charge is 2.44. The van der Waals surface area contributed by atoms with E-state index >= 15 is 0 Å². The van der Waals surface area contributed by atoms with Gasteiger partial charge in [-0.2, -0.15) is 0 Å². The Morgan fingerprint density at radius 1 is 1.19 bits per heavy atom. The lowest BCUT2D eigenvalue weighted by Gasteiger charge is -2.46. The Morgan fingerprint density at radius 3 is 2.68 bits per heavy atom. The molecule has 0 bridgehead atoms. The highest BCUT2D eigenvalue weighted by Crippen LogP contribution is 2.46. The Morgan fingerprint density at radius 2 is 1.97 bits per heavy atom. The van der Waals surface area contributed by atoms with Gasteiger partial charge in [0.15, 0.2) is 0 Å². The van der Waals surface area contributed by atoms with Crippen LogP contribution in [0.25, 0.3) is 10.9 Å². The van der Waals surface area contributed by atoms with E-state index in [0.29, 0.717) is 6.42 Å². The molecular formula is C25H29N3O3. The first kappa shape index (κ1) is 20.1. The van der Waals surface area contributed by atoms with Crippen LogP contribution in [-0.2, 0) is 16.6 Å². The predicted molar refractivity (Wildman–Crippen MR) is 120 cm³/mol. The molecule has 1 saturated heterocycles. The van der Waals surface area contributed by atoms with Crippen molar-refractivity contribution in [3.05, 3.63) is 65.4 Å². The number of carbonyl (C=O) groups excluding carboxylic acids is 1. The van der Waals surface area contributed by atoms with Gasteiger partial charge >= 0.3 is 0 Å². The van der Waals surface area contributed by atoms with E-state index in [-0.39, 0.29) is 24.0 Å². The number of fused-ring (bicyclic) bond motifs is 4. The zero-order valence-electron chi connectivity index (χ0n) is 17.9. The molecule has 0 saturated carbocycles. The summed E-state index contributed by atoms with van der Waals surface area (Å²) < 4.78 is 5.40. The number of amides is 1. The SMILES string of the molecule is COc1ccc2c3c([nH]c2c1)[C@H](CO)NCC31CCN(C(=O)Cc2ccccc2)CC1. The molecule has 5 rings (SSSR count). The first-order chi connectivity index (χ1) is 15.1. The lowest BCUT2D eigenvalue weighted by Crippen LogP contribution is -2.53. The van der Waals surface area contributed by atoms with E-state index in [1.807, 2.05) is 47.4 Å². The Balaban J connectivity index is 1.42. The van der Waals surface area contributed by atoms with Gasteiger partial charge in [-0.3, -0.25) is 4.79 Å². The molecule has 6 nitrogen and oxygen atoms in total. The average Bonchev–Trinajstić information content (AvgIpc) is 3.20. The van der Waals surface area contributed by atoms with Gasteiger partial charge in [0.2, 0.25) is 5.91 Å². The van der Waals surface area contributed by atoms with Gasteiger partial charge in [-0.05, 0) is 36.1 Å². The minimum Gasteiger partial charge on any atom is -0.497 e. The van der Waals surface area contributed by atoms with E-state index in [4.69, 9.17) is 4.74 Å². The summed E-state index contributed by atoms with van der Waals surface area (Å²) in [7, 11) is 1.67. The molecule has 1 atom stereocenters. The van der Waals surface area contributed by atoms with Gasteiger partial charge < -0.3 is 25.0 Å². The Bertz CT molecular complexity index is 1080. The van der Waals surface area contributed by atoms with Gasteiger partial charge in [0.05, 0.1) is 26.2 Å². The third kappa shape index (κ3) is 3.50. The van der Waals surface area contributed by atoms with E-state index in [1.54, 1.807) is 7.11 Å². The molecule has 2 aliphatic heterocycles. The van der Waals surface area contributed by atoms with Crippen LogP contribution in [0.4, 0.5) is 0 Å². The van der Waals surface area contributed by atoms with Crippen molar-refractivity contribution in [3.63, 3.8) is 0 Å². The van der Waals surface area contributed by atoms with Crippen molar-refractivity contribution in [2.75, 3.05) is 33.4 Å². The molecular weight excluding hydrogens is 390 g/mol. The number of nitrogens with one attached hydrogen (secondary N) is 2. The first-order valence-corrected chi connectivity index (χ1v) is 11.0. The lowest BCUT2D eigenvalue weighted by atomic mass is 9.69. The fourth-order valence-electron chi connectivity index (χ4n) is 5.32. The van der Waals surface area contributed by atoms with Crippen LogP contribution in [0.5, 0.6) is 5.75 Å². The van der Waals surface area contributed by atoms with E-state index < -0.39 is 0 Å². The van der Waals surface area contributed by atoms with Crippen molar-refractivity contribution in [1.82, 2.24) is 15.2 Å². The molecule has 0 aliphatic carbocycles. The Kier molecular flexibility index (Phi) is 5.20. The minimum atomic E-state index is -0.100. The minimum absolute atomic E-state index is 0.0443. The van der Waals surface area contributed by atoms with E-state index in [2.05, 4.69) is 16.4 Å². The summed E-state index contributed by atoms with van der Waals surface area (Å²) in [4.78, 5) is 18.4. The predicted octanol–water partition coefficient (Wildman–Crippen LogP) is 2.92. The number of aliphatic hydroxyl groups excluding tert-OH is 1. The van der Waals surface area contributed by atoms with E-state index in [0.717, 1.165) is 55.0 Å². The topological polar surface area (TPSA) is 77.6 Å². The summed E-state index contributed by atoms with van der Waals surface area (Å²) in [6.07, 6.45) is 2.27. The molecule has 1 spiro atoms. The molecule has 1 fully saturated rings. The number of methoxy groups -OCH3 is 1. The maximum Gasteiger partial charge on any atom is 0.226 e. The van der Waals surface area contributed by atoms with Crippen molar-refractivity contribution in [3.8, 4) is 5.75 Å². The number of H-pyrrole nitrogens is 1. The van der Waals surface area contributed by atoms with Crippen LogP contribution in [0, 0.1) is 0 Å². The first-order valence-electron chi connectivity index (χ1n) is 11.0. The Hall–Kier alpha value is -2.83. The smallest absolute Gasteiger partial charge is 0.226 e. The maximum absolute atomic E-state index is 12.9. The standard InChI is InChI=1S/C25H29N3O3/c1-31-18-7-8-19-20(14-18)27-24-21(15-29)26-16-25(23(19)24)9-11-28(12-10-25)22(30)13-17-5-3-2-4-6-17/h2-8,14,21,26-27,29H,9-13,15-16H2,1H3/t21-/m0/s1. The quantitative estimate of drug-likeness (QED) is 0.608. The van der Waals surface area contributed by atoms with Crippen LogP contribution in [0.2, 0.25) is 0 Å².